The highest BCUT2D eigenvalue weighted by Gasteiger charge is 2.20. The molecule has 0 aliphatic carbocycles. The van der Waals surface area contributed by atoms with E-state index in [1.807, 2.05) is 25.1 Å². The Morgan fingerprint density at radius 3 is 2.55 bits per heavy atom. The van der Waals surface area contributed by atoms with Crippen LogP contribution >= 0.6 is 11.8 Å². The molecular weight excluding hydrogens is 272 g/mol. The number of rotatable bonds is 7. The van der Waals surface area contributed by atoms with Gasteiger partial charge in [-0.3, -0.25) is 0 Å². The molecule has 0 bridgehead atoms. The average molecular weight is 296 g/mol. The van der Waals surface area contributed by atoms with Crippen molar-refractivity contribution >= 4 is 17.8 Å². The number of carbonyl (C=O) groups excluding carboxylic acids is 1. The Hall–Kier alpha value is -1.20. The van der Waals surface area contributed by atoms with E-state index in [1.165, 1.54) is 4.90 Å². The van der Waals surface area contributed by atoms with E-state index in [-0.39, 0.29) is 6.03 Å². The van der Waals surface area contributed by atoms with Gasteiger partial charge >= 0.3 is 6.03 Å². The highest BCUT2D eigenvalue weighted by atomic mass is 32.2. The molecule has 0 saturated carbocycles. The van der Waals surface area contributed by atoms with Crippen molar-refractivity contribution in [2.45, 2.75) is 31.3 Å². The second-order valence-corrected chi connectivity index (χ2v) is 6.39. The molecule has 2 amide bonds. The number of hydrogen-bond donors (Lipinski definition) is 2. The van der Waals surface area contributed by atoms with Crippen molar-refractivity contribution in [1.82, 2.24) is 10.2 Å². The van der Waals surface area contributed by atoms with E-state index in [0.29, 0.717) is 19.6 Å². The minimum Gasteiger partial charge on any atom is -0.389 e. The second-order valence-electron chi connectivity index (χ2n) is 5.22. The van der Waals surface area contributed by atoms with Gasteiger partial charge in [0.2, 0.25) is 0 Å². The fourth-order valence-corrected chi connectivity index (χ4v) is 2.54. The lowest BCUT2D eigenvalue weighted by molar-refractivity contribution is 0.0481. The molecule has 20 heavy (non-hydrogen) atoms. The molecule has 5 heteroatoms. The fourth-order valence-electron chi connectivity index (χ4n) is 1.75. The summed E-state index contributed by atoms with van der Waals surface area (Å²) in [5.41, 5.74) is -0.869. The molecule has 0 saturated heterocycles. The molecule has 1 aromatic rings. The number of likely N-dealkylation sites (N-methyl/N-ethyl adjacent to an activating group) is 1. The third-order valence-corrected chi connectivity index (χ3v) is 3.65. The third kappa shape index (κ3) is 6.82. The third-order valence-electron chi connectivity index (χ3n) is 2.64. The summed E-state index contributed by atoms with van der Waals surface area (Å²) < 4.78 is 0. The molecule has 0 aliphatic heterocycles. The van der Waals surface area contributed by atoms with E-state index in [1.54, 1.807) is 30.5 Å². The van der Waals surface area contributed by atoms with Crippen molar-refractivity contribution in [3.63, 3.8) is 0 Å². The van der Waals surface area contributed by atoms with Gasteiger partial charge in [0.15, 0.2) is 0 Å². The van der Waals surface area contributed by atoms with E-state index in [2.05, 4.69) is 17.4 Å². The number of hydrogen-bond acceptors (Lipinski definition) is 3. The maximum absolute atomic E-state index is 12.0. The van der Waals surface area contributed by atoms with E-state index >= 15 is 0 Å². The maximum Gasteiger partial charge on any atom is 0.317 e. The monoisotopic (exact) mass is 296 g/mol. The molecule has 0 aliphatic rings. The lowest BCUT2D eigenvalue weighted by Crippen LogP contribution is -2.47. The summed E-state index contributed by atoms with van der Waals surface area (Å²) in [7, 11) is 0. The molecule has 0 atom stereocenters. The van der Waals surface area contributed by atoms with Gasteiger partial charge in [0.25, 0.3) is 0 Å². The molecule has 0 heterocycles. The highest BCUT2D eigenvalue weighted by Crippen LogP contribution is 2.15. The molecule has 0 fully saturated rings. The normalized spacial score (nSPS) is 11.2. The number of nitrogens with one attached hydrogen (secondary N) is 1. The van der Waals surface area contributed by atoms with Crippen molar-refractivity contribution in [1.29, 1.82) is 0 Å². The molecule has 1 rings (SSSR count). The van der Waals surface area contributed by atoms with Crippen LogP contribution in [-0.2, 0) is 0 Å². The summed E-state index contributed by atoms with van der Waals surface area (Å²) in [6.07, 6.45) is 0. The Bertz CT molecular complexity index is 404. The summed E-state index contributed by atoms with van der Waals surface area (Å²) in [6, 6.07) is 9.98. The van der Waals surface area contributed by atoms with Crippen LogP contribution in [0.2, 0.25) is 0 Å². The molecule has 4 nitrogen and oxygen atoms in total. The van der Waals surface area contributed by atoms with Crippen LogP contribution in [0.4, 0.5) is 4.79 Å². The van der Waals surface area contributed by atoms with E-state index in [9.17, 15) is 9.90 Å². The Morgan fingerprint density at radius 2 is 2.00 bits per heavy atom. The van der Waals surface area contributed by atoms with Crippen LogP contribution in [-0.4, -0.2) is 47.0 Å². The van der Waals surface area contributed by atoms with Crippen LogP contribution in [0.3, 0.4) is 0 Å². The number of thioether (sulfide) groups is 1. The standard InChI is InChI=1S/C15H24N2O2S/c1-4-17(12-15(2,3)19)14(18)16-10-11-20-13-8-6-5-7-9-13/h5-9,19H,4,10-12H2,1-3H3,(H,16,18). The van der Waals surface area contributed by atoms with E-state index in [4.69, 9.17) is 0 Å². The van der Waals surface area contributed by atoms with Crippen LogP contribution in [0, 0.1) is 0 Å². The summed E-state index contributed by atoms with van der Waals surface area (Å²) in [4.78, 5) is 14.8. The number of urea groups is 1. The van der Waals surface area contributed by atoms with E-state index in [0.717, 1.165) is 5.75 Å². The Balaban J connectivity index is 2.28. The number of benzene rings is 1. The molecule has 1 aromatic carbocycles. The minimum absolute atomic E-state index is 0.122. The largest absolute Gasteiger partial charge is 0.389 e. The number of aliphatic hydroxyl groups is 1. The summed E-state index contributed by atoms with van der Waals surface area (Å²) in [6.45, 7) is 6.84. The van der Waals surface area contributed by atoms with Crippen LogP contribution in [0.15, 0.2) is 35.2 Å². The second kappa shape index (κ2) is 8.17. The van der Waals surface area contributed by atoms with Crippen molar-refractivity contribution in [2.24, 2.45) is 0 Å². The molecule has 0 radical (unpaired) electrons. The van der Waals surface area contributed by atoms with Gasteiger partial charge in [-0.15, -0.1) is 11.8 Å². The molecule has 2 N–H and O–H groups in total. The predicted molar refractivity (Wildman–Crippen MR) is 84.1 cm³/mol. The van der Waals surface area contributed by atoms with Gasteiger partial charge in [-0.05, 0) is 32.9 Å². The molecule has 112 valence electrons. The van der Waals surface area contributed by atoms with Crippen LogP contribution in [0.1, 0.15) is 20.8 Å². The first-order valence-corrected chi connectivity index (χ1v) is 7.84. The topological polar surface area (TPSA) is 52.6 Å². The zero-order chi connectivity index (χ0) is 15.0. The first kappa shape index (κ1) is 16.9. The van der Waals surface area contributed by atoms with Crippen LogP contribution in [0.25, 0.3) is 0 Å². The number of amides is 2. The number of carbonyl (C=O) groups is 1. The predicted octanol–water partition coefficient (Wildman–Crippen LogP) is 2.58. The van der Waals surface area contributed by atoms with Crippen molar-refractivity contribution in [3.8, 4) is 0 Å². The van der Waals surface area contributed by atoms with Gasteiger partial charge in [0.05, 0.1) is 12.1 Å². The zero-order valence-corrected chi connectivity index (χ0v) is 13.2. The smallest absolute Gasteiger partial charge is 0.317 e. The Kier molecular flexibility index (Phi) is 6.88. The lowest BCUT2D eigenvalue weighted by Gasteiger charge is -2.28. The quantitative estimate of drug-likeness (QED) is 0.600. The highest BCUT2D eigenvalue weighted by molar-refractivity contribution is 7.99. The molecular formula is C15H24N2O2S. The average Bonchev–Trinajstić information content (AvgIpc) is 2.41. The molecule has 0 unspecified atom stereocenters. The van der Waals surface area contributed by atoms with Gasteiger partial charge in [0, 0.05) is 23.7 Å². The summed E-state index contributed by atoms with van der Waals surface area (Å²) in [5.74, 6) is 0.829. The minimum atomic E-state index is -0.869. The Labute approximate surface area is 125 Å². The van der Waals surface area contributed by atoms with Crippen molar-refractivity contribution < 1.29 is 9.90 Å². The zero-order valence-electron chi connectivity index (χ0n) is 12.4. The molecule has 0 aromatic heterocycles. The lowest BCUT2D eigenvalue weighted by atomic mass is 10.1. The number of nitrogens with zero attached hydrogens (tertiary/aromatic N) is 1. The van der Waals surface area contributed by atoms with Crippen LogP contribution in [0.5, 0.6) is 0 Å². The first-order valence-electron chi connectivity index (χ1n) is 6.85. The first-order chi connectivity index (χ1) is 9.42. The van der Waals surface area contributed by atoms with Gasteiger partial charge in [0.1, 0.15) is 0 Å². The summed E-state index contributed by atoms with van der Waals surface area (Å²) in [5, 5.41) is 12.6. The van der Waals surface area contributed by atoms with E-state index < -0.39 is 5.60 Å². The van der Waals surface area contributed by atoms with Crippen molar-refractivity contribution in [2.75, 3.05) is 25.4 Å². The van der Waals surface area contributed by atoms with Crippen molar-refractivity contribution in [3.05, 3.63) is 30.3 Å². The maximum atomic E-state index is 12.0. The fraction of sp³-hybridized carbons (Fsp3) is 0.533. The Morgan fingerprint density at radius 1 is 1.35 bits per heavy atom. The van der Waals surface area contributed by atoms with Gasteiger partial charge in [-0.1, -0.05) is 18.2 Å². The van der Waals surface area contributed by atoms with Gasteiger partial charge in [-0.2, -0.15) is 0 Å². The molecule has 0 spiro atoms. The van der Waals surface area contributed by atoms with Gasteiger partial charge < -0.3 is 15.3 Å². The summed E-state index contributed by atoms with van der Waals surface area (Å²) >= 11 is 1.71. The van der Waals surface area contributed by atoms with Crippen LogP contribution < -0.4 is 5.32 Å². The van der Waals surface area contributed by atoms with Gasteiger partial charge in [-0.25, -0.2) is 4.79 Å². The SMILES string of the molecule is CCN(CC(C)(C)O)C(=O)NCCSc1ccccc1.